The average molecular weight is 247 g/mol. The molecule has 0 aromatic heterocycles. The zero-order chi connectivity index (χ0) is 13.4. The second-order valence-electron chi connectivity index (χ2n) is 4.07. The van der Waals surface area contributed by atoms with E-state index in [2.05, 4.69) is 18.2 Å². The Bertz CT molecular complexity index is 409. The van der Waals surface area contributed by atoms with Gasteiger partial charge in [-0.05, 0) is 19.9 Å². The molecule has 3 nitrogen and oxygen atoms in total. The van der Waals surface area contributed by atoms with Gasteiger partial charge in [0.25, 0.3) is 0 Å². The molecule has 0 spiro atoms. The van der Waals surface area contributed by atoms with Gasteiger partial charge in [-0.3, -0.25) is 0 Å². The Morgan fingerprint density at radius 1 is 1.44 bits per heavy atom. The predicted molar refractivity (Wildman–Crippen MR) is 73.9 cm³/mol. The summed E-state index contributed by atoms with van der Waals surface area (Å²) in [7, 11) is 1.66. The second-order valence-corrected chi connectivity index (χ2v) is 4.07. The Labute approximate surface area is 109 Å². The first-order valence-electron chi connectivity index (χ1n) is 6.18. The van der Waals surface area contributed by atoms with E-state index in [1.54, 1.807) is 7.11 Å². The summed E-state index contributed by atoms with van der Waals surface area (Å²) in [5, 5.41) is 3.37. The van der Waals surface area contributed by atoms with Gasteiger partial charge in [0.05, 0.1) is 13.7 Å². The van der Waals surface area contributed by atoms with Crippen molar-refractivity contribution in [3.05, 3.63) is 23.8 Å². The van der Waals surface area contributed by atoms with E-state index in [0.717, 1.165) is 17.1 Å². The number of benzene rings is 1. The predicted octanol–water partition coefficient (Wildman–Crippen LogP) is 2.60. The highest BCUT2D eigenvalue weighted by molar-refractivity contribution is 5.46. The van der Waals surface area contributed by atoms with Crippen LogP contribution in [0.3, 0.4) is 0 Å². The van der Waals surface area contributed by atoms with E-state index in [1.165, 1.54) is 0 Å². The van der Waals surface area contributed by atoms with E-state index < -0.39 is 0 Å². The Kier molecular flexibility index (Phi) is 6.10. The van der Waals surface area contributed by atoms with Crippen LogP contribution in [0.25, 0.3) is 0 Å². The quantitative estimate of drug-likeness (QED) is 0.751. The molecule has 18 heavy (non-hydrogen) atoms. The van der Waals surface area contributed by atoms with Crippen LogP contribution >= 0.6 is 0 Å². The lowest BCUT2D eigenvalue weighted by Gasteiger charge is -2.16. The number of para-hydroxylation sites is 1. The van der Waals surface area contributed by atoms with Crippen LogP contribution in [0, 0.1) is 12.3 Å². The normalized spacial score (nSPS) is 11.7. The van der Waals surface area contributed by atoms with Gasteiger partial charge in [0.1, 0.15) is 0 Å². The zero-order valence-corrected chi connectivity index (χ0v) is 11.3. The van der Waals surface area contributed by atoms with E-state index in [4.69, 9.17) is 15.9 Å². The standard InChI is InChI=1S/C15H21NO2/c1-5-8-12(3)16-11-13-9-7-10-14(18-6-2)15(13)17-4/h1,7,9-10,12,16H,6,8,11H2,2-4H3. The topological polar surface area (TPSA) is 30.5 Å². The van der Waals surface area contributed by atoms with Crippen molar-refractivity contribution < 1.29 is 9.47 Å². The maximum absolute atomic E-state index is 5.54. The number of nitrogens with one attached hydrogen (secondary N) is 1. The zero-order valence-electron chi connectivity index (χ0n) is 11.3. The van der Waals surface area contributed by atoms with Crippen LogP contribution in [-0.4, -0.2) is 19.8 Å². The first kappa shape index (κ1) is 14.4. The third kappa shape index (κ3) is 3.97. The van der Waals surface area contributed by atoms with Crippen LogP contribution in [0.5, 0.6) is 11.5 Å². The average Bonchev–Trinajstić information content (AvgIpc) is 2.37. The van der Waals surface area contributed by atoms with Gasteiger partial charge in [-0.2, -0.15) is 0 Å². The molecule has 1 aromatic carbocycles. The lowest BCUT2D eigenvalue weighted by Crippen LogP contribution is -2.25. The van der Waals surface area contributed by atoms with Crippen molar-refractivity contribution in [2.45, 2.75) is 32.9 Å². The van der Waals surface area contributed by atoms with Crippen LogP contribution in [-0.2, 0) is 6.54 Å². The fraction of sp³-hybridized carbons (Fsp3) is 0.467. The van der Waals surface area contributed by atoms with Crippen molar-refractivity contribution in [2.75, 3.05) is 13.7 Å². The van der Waals surface area contributed by atoms with Gasteiger partial charge in [0.2, 0.25) is 0 Å². The summed E-state index contributed by atoms with van der Waals surface area (Å²) < 4.78 is 11.0. The molecule has 0 saturated heterocycles. The molecule has 0 aliphatic rings. The van der Waals surface area contributed by atoms with E-state index in [9.17, 15) is 0 Å². The molecule has 1 rings (SSSR count). The van der Waals surface area contributed by atoms with E-state index in [0.29, 0.717) is 19.6 Å². The first-order chi connectivity index (χ1) is 8.72. The fourth-order valence-electron chi connectivity index (χ4n) is 1.73. The molecular formula is C15H21NO2. The molecule has 0 bridgehead atoms. The van der Waals surface area contributed by atoms with E-state index >= 15 is 0 Å². The van der Waals surface area contributed by atoms with Crippen molar-refractivity contribution in [3.63, 3.8) is 0 Å². The van der Waals surface area contributed by atoms with Gasteiger partial charge in [0, 0.05) is 24.6 Å². The summed E-state index contributed by atoms with van der Waals surface area (Å²) in [6, 6.07) is 6.19. The van der Waals surface area contributed by atoms with Crippen LogP contribution in [0.15, 0.2) is 18.2 Å². The van der Waals surface area contributed by atoms with Gasteiger partial charge in [-0.15, -0.1) is 12.3 Å². The number of terminal acetylenes is 1. The highest BCUT2D eigenvalue weighted by atomic mass is 16.5. The molecule has 0 saturated carbocycles. The van der Waals surface area contributed by atoms with Crippen LogP contribution in [0.4, 0.5) is 0 Å². The Morgan fingerprint density at radius 2 is 2.22 bits per heavy atom. The first-order valence-corrected chi connectivity index (χ1v) is 6.18. The Morgan fingerprint density at radius 3 is 2.83 bits per heavy atom. The number of hydrogen-bond acceptors (Lipinski definition) is 3. The molecule has 0 heterocycles. The summed E-state index contributed by atoms with van der Waals surface area (Å²) in [5.41, 5.74) is 1.08. The molecule has 1 N–H and O–H groups in total. The largest absolute Gasteiger partial charge is 0.493 e. The minimum absolute atomic E-state index is 0.287. The van der Waals surface area contributed by atoms with Crippen molar-refractivity contribution in [1.29, 1.82) is 0 Å². The highest BCUT2D eigenvalue weighted by Crippen LogP contribution is 2.30. The molecule has 3 heteroatoms. The van der Waals surface area contributed by atoms with Crippen LogP contribution in [0.1, 0.15) is 25.8 Å². The Hall–Kier alpha value is -1.66. The maximum atomic E-state index is 5.54. The summed E-state index contributed by atoms with van der Waals surface area (Å²) in [6.07, 6.45) is 6.00. The molecule has 0 aliphatic carbocycles. The molecule has 0 amide bonds. The number of ether oxygens (including phenoxy) is 2. The summed E-state index contributed by atoms with van der Waals surface area (Å²) in [5.74, 6) is 4.22. The number of rotatable bonds is 7. The van der Waals surface area contributed by atoms with Crippen molar-refractivity contribution >= 4 is 0 Å². The van der Waals surface area contributed by atoms with Crippen LogP contribution in [0.2, 0.25) is 0 Å². The van der Waals surface area contributed by atoms with Crippen LogP contribution < -0.4 is 14.8 Å². The van der Waals surface area contributed by atoms with Crippen molar-refractivity contribution in [2.24, 2.45) is 0 Å². The minimum atomic E-state index is 0.287. The third-order valence-corrected chi connectivity index (χ3v) is 2.63. The van der Waals surface area contributed by atoms with Gasteiger partial charge in [0.15, 0.2) is 11.5 Å². The van der Waals surface area contributed by atoms with Crippen molar-refractivity contribution in [1.82, 2.24) is 5.32 Å². The lowest BCUT2D eigenvalue weighted by atomic mass is 10.1. The van der Waals surface area contributed by atoms with Crippen molar-refractivity contribution in [3.8, 4) is 23.8 Å². The maximum Gasteiger partial charge on any atom is 0.165 e. The molecule has 0 aliphatic heterocycles. The molecule has 0 fully saturated rings. The molecule has 1 unspecified atom stereocenters. The Balaban J connectivity index is 2.76. The summed E-state index contributed by atoms with van der Waals surface area (Å²) in [4.78, 5) is 0. The SMILES string of the molecule is C#CCC(C)NCc1cccc(OCC)c1OC. The second kappa shape index (κ2) is 7.62. The monoisotopic (exact) mass is 247 g/mol. The van der Waals surface area contributed by atoms with Gasteiger partial charge in [-0.1, -0.05) is 12.1 Å². The molecule has 1 atom stereocenters. The minimum Gasteiger partial charge on any atom is -0.493 e. The van der Waals surface area contributed by atoms with Gasteiger partial charge >= 0.3 is 0 Å². The lowest BCUT2D eigenvalue weighted by molar-refractivity contribution is 0.308. The van der Waals surface area contributed by atoms with Gasteiger partial charge in [-0.25, -0.2) is 0 Å². The fourth-order valence-corrected chi connectivity index (χ4v) is 1.73. The highest BCUT2D eigenvalue weighted by Gasteiger charge is 2.10. The summed E-state index contributed by atoms with van der Waals surface area (Å²) in [6.45, 7) is 5.37. The third-order valence-electron chi connectivity index (χ3n) is 2.63. The molecular weight excluding hydrogens is 226 g/mol. The van der Waals surface area contributed by atoms with E-state index in [-0.39, 0.29) is 6.04 Å². The molecule has 0 radical (unpaired) electrons. The molecule has 98 valence electrons. The van der Waals surface area contributed by atoms with E-state index in [1.807, 2.05) is 25.1 Å². The molecule has 1 aromatic rings. The number of hydrogen-bond donors (Lipinski definition) is 1. The smallest absolute Gasteiger partial charge is 0.165 e. The van der Waals surface area contributed by atoms with Gasteiger partial charge < -0.3 is 14.8 Å². The summed E-state index contributed by atoms with van der Waals surface area (Å²) >= 11 is 0. The number of methoxy groups -OCH3 is 1.